The molecule has 2 aliphatic rings. The van der Waals surface area contributed by atoms with Crippen molar-refractivity contribution in [2.75, 3.05) is 33.3 Å². The Morgan fingerprint density at radius 2 is 1.74 bits per heavy atom. The van der Waals surface area contributed by atoms with Crippen LogP contribution in [0.3, 0.4) is 0 Å². The smallest absolute Gasteiger partial charge is 0.260 e. The predicted molar refractivity (Wildman–Crippen MR) is 133 cm³/mol. The summed E-state index contributed by atoms with van der Waals surface area (Å²) in [5.74, 6) is 0.515. The van der Waals surface area contributed by atoms with E-state index in [-0.39, 0.29) is 30.3 Å². The van der Waals surface area contributed by atoms with Gasteiger partial charge < -0.3 is 24.7 Å². The molecule has 7 heteroatoms. The van der Waals surface area contributed by atoms with Gasteiger partial charge >= 0.3 is 0 Å². The first-order valence-corrected chi connectivity index (χ1v) is 12.4. The lowest BCUT2D eigenvalue weighted by Crippen LogP contribution is -2.51. The summed E-state index contributed by atoms with van der Waals surface area (Å²) in [6.45, 7) is 3.51. The molecule has 2 amide bonds. The Balaban J connectivity index is 1.48. The van der Waals surface area contributed by atoms with E-state index in [9.17, 15) is 19.8 Å². The van der Waals surface area contributed by atoms with Crippen LogP contribution in [0.1, 0.15) is 36.0 Å². The Hall–Kier alpha value is -2.90. The number of benzene rings is 2. The molecule has 2 atom stereocenters. The third-order valence-electron chi connectivity index (χ3n) is 7.62. The van der Waals surface area contributed by atoms with Crippen molar-refractivity contribution in [1.29, 1.82) is 0 Å². The van der Waals surface area contributed by atoms with Gasteiger partial charge in [-0.05, 0) is 54.4 Å². The third kappa shape index (κ3) is 6.03. The summed E-state index contributed by atoms with van der Waals surface area (Å²) < 4.78 is 5.78. The highest BCUT2D eigenvalue weighted by Gasteiger charge is 2.40. The monoisotopic (exact) mass is 480 g/mol. The number of amides is 2. The van der Waals surface area contributed by atoms with Gasteiger partial charge in [-0.15, -0.1) is 0 Å². The van der Waals surface area contributed by atoms with Crippen LogP contribution < -0.4 is 4.74 Å². The summed E-state index contributed by atoms with van der Waals surface area (Å²) >= 11 is 0. The topological polar surface area (TPSA) is 90.3 Å². The zero-order valence-corrected chi connectivity index (χ0v) is 20.7. The summed E-state index contributed by atoms with van der Waals surface area (Å²) in [5, 5.41) is 21.8. The van der Waals surface area contributed by atoms with Gasteiger partial charge in [0.1, 0.15) is 5.75 Å². The maximum atomic E-state index is 13.0. The van der Waals surface area contributed by atoms with Gasteiger partial charge in [0, 0.05) is 33.1 Å². The Morgan fingerprint density at radius 3 is 2.49 bits per heavy atom. The van der Waals surface area contributed by atoms with Gasteiger partial charge in [0.2, 0.25) is 5.91 Å². The van der Waals surface area contributed by atoms with Gasteiger partial charge in [0.25, 0.3) is 5.91 Å². The number of ether oxygens (including phenoxy) is 1. The van der Waals surface area contributed by atoms with Crippen LogP contribution in [0.4, 0.5) is 0 Å². The number of aliphatic hydroxyl groups is 2. The molecule has 0 saturated carbocycles. The average molecular weight is 481 g/mol. The van der Waals surface area contributed by atoms with Gasteiger partial charge in [0.05, 0.1) is 18.6 Å². The summed E-state index contributed by atoms with van der Waals surface area (Å²) in [5.41, 5.74) is 2.52. The number of carbonyl (C=O) groups excluding carboxylic acids is 2. The van der Waals surface area contributed by atoms with E-state index in [4.69, 9.17) is 4.74 Å². The molecule has 0 aliphatic carbocycles. The second kappa shape index (κ2) is 10.8. The predicted octanol–water partition coefficient (Wildman–Crippen LogP) is 2.35. The molecular weight excluding hydrogens is 444 g/mol. The summed E-state index contributed by atoms with van der Waals surface area (Å²) in [4.78, 5) is 29.4. The van der Waals surface area contributed by atoms with Crippen molar-refractivity contribution in [3.05, 3.63) is 65.2 Å². The largest absolute Gasteiger partial charge is 0.483 e. The number of rotatable bonds is 2. The first-order chi connectivity index (χ1) is 16.8. The first-order valence-electron chi connectivity index (χ1n) is 12.4. The molecular formula is C28H36N2O5. The molecule has 2 aromatic carbocycles. The lowest BCUT2D eigenvalue weighted by molar-refractivity contribution is -0.138. The number of likely N-dealkylation sites (tertiary alicyclic amines) is 1. The minimum Gasteiger partial charge on any atom is -0.483 e. The molecule has 2 heterocycles. The van der Waals surface area contributed by atoms with Crippen molar-refractivity contribution in [2.24, 2.45) is 5.41 Å². The molecule has 35 heavy (non-hydrogen) atoms. The lowest BCUT2D eigenvalue weighted by Gasteiger charge is -2.45. The van der Waals surface area contributed by atoms with Gasteiger partial charge in [0.15, 0.2) is 6.61 Å². The van der Waals surface area contributed by atoms with Gasteiger partial charge in [-0.1, -0.05) is 42.5 Å². The molecule has 0 bridgehead atoms. The van der Waals surface area contributed by atoms with Crippen LogP contribution in [0.2, 0.25) is 0 Å². The van der Waals surface area contributed by atoms with Crippen LogP contribution in [0, 0.1) is 12.3 Å². The highest BCUT2D eigenvalue weighted by molar-refractivity contribution is 5.79. The number of aliphatic hydroxyl groups excluding tert-OH is 2. The Morgan fingerprint density at radius 1 is 1.06 bits per heavy atom. The number of fused-ring (bicyclic) bond motifs is 1. The summed E-state index contributed by atoms with van der Waals surface area (Å²) in [7, 11) is 1.75. The number of likely N-dealkylation sites (N-methyl/N-ethyl adjacent to an activating group) is 1. The molecule has 2 N–H and O–H groups in total. The van der Waals surface area contributed by atoms with Crippen LogP contribution in [-0.2, 0) is 22.4 Å². The Labute approximate surface area is 207 Å². The fourth-order valence-electron chi connectivity index (χ4n) is 5.34. The van der Waals surface area contributed by atoms with E-state index in [0.717, 1.165) is 16.7 Å². The van der Waals surface area contributed by atoms with Crippen LogP contribution >= 0.6 is 0 Å². The van der Waals surface area contributed by atoms with Crippen LogP contribution in [-0.4, -0.2) is 77.3 Å². The van der Waals surface area contributed by atoms with Crippen molar-refractivity contribution >= 4 is 11.8 Å². The third-order valence-corrected chi connectivity index (χ3v) is 7.62. The van der Waals surface area contributed by atoms with Gasteiger partial charge in [-0.3, -0.25) is 9.59 Å². The fraction of sp³-hybridized carbons (Fsp3) is 0.500. The van der Waals surface area contributed by atoms with Crippen molar-refractivity contribution in [1.82, 2.24) is 9.80 Å². The Kier molecular flexibility index (Phi) is 7.77. The molecule has 4 rings (SSSR count). The maximum Gasteiger partial charge on any atom is 0.260 e. The number of para-hydroxylation sites is 1. The zero-order valence-electron chi connectivity index (χ0n) is 20.7. The average Bonchev–Trinajstić information content (AvgIpc) is 2.84. The van der Waals surface area contributed by atoms with Crippen molar-refractivity contribution in [2.45, 2.75) is 51.2 Å². The number of carbonyl (C=O) groups is 2. The van der Waals surface area contributed by atoms with Crippen LogP contribution in [0.5, 0.6) is 5.75 Å². The number of hydrogen-bond acceptors (Lipinski definition) is 5. The SMILES string of the molecule is Cc1ccccc1CC(=O)N1CCC2(CC1)C[C@@H](O)[C@@H](O)Cc1ccccc1OCC(=O)N(C)C2. The Bertz CT molecular complexity index is 1050. The molecule has 1 saturated heterocycles. The quantitative estimate of drug-likeness (QED) is 0.689. The van der Waals surface area contributed by atoms with Crippen molar-refractivity contribution in [3.8, 4) is 5.75 Å². The van der Waals surface area contributed by atoms with E-state index in [1.54, 1.807) is 18.0 Å². The molecule has 2 aromatic rings. The van der Waals surface area contributed by atoms with E-state index in [1.807, 2.05) is 54.3 Å². The molecule has 7 nitrogen and oxygen atoms in total. The highest BCUT2D eigenvalue weighted by Crippen LogP contribution is 2.38. The minimum atomic E-state index is -0.947. The summed E-state index contributed by atoms with van der Waals surface area (Å²) in [6.07, 6.45) is 0.415. The van der Waals surface area contributed by atoms with E-state index < -0.39 is 12.2 Å². The first kappa shape index (κ1) is 25.2. The second-order valence-corrected chi connectivity index (χ2v) is 10.2. The molecule has 188 valence electrons. The van der Waals surface area contributed by atoms with E-state index >= 15 is 0 Å². The number of piperidine rings is 1. The number of aryl methyl sites for hydroxylation is 1. The zero-order chi connectivity index (χ0) is 25.0. The second-order valence-electron chi connectivity index (χ2n) is 10.2. The normalized spacial score (nSPS) is 23.1. The molecule has 2 aliphatic heterocycles. The summed E-state index contributed by atoms with van der Waals surface area (Å²) in [6, 6.07) is 15.2. The molecule has 0 aromatic heterocycles. The fourth-order valence-corrected chi connectivity index (χ4v) is 5.34. The molecule has 0 unspecified atom stereocenters. The molecule has 1 spiro atoms. The lowest BCUT2D eigenvalue weighted by atomic mass is 9.72. The van der Waals surface area contributed by atoms with Crippen molar-refractivity contribution in [3.63, 3.8) is 0 Å². The highest BCUT2D eigenvalue weighted by atomic mass is 16.5. The van der Waals surface area contributed by atoms with E-state index in [1.165, 1.54) is 0 Å². The number of hydrogen-bond donors (Lipinski definition) is 2. The van der Waals surface area contributed by atoms with E-state index in [2.05, 4.69) is 0 Å². The van der Waals surface area contributed by atoms with Crippen molar-refractivity contribution < 1.29 is 24.5 Å². The van der Waals surface area contributed by atoms with E-state index in [0.29, 0.717) is 51.1 Å². The standard InChI is InChI=1S/C28H36N2O5/c1-20-7-3-4-8-21(20)16-26(33)30-13-11-28(12-14-30)17-24(32)23(31)15-22-9-5-6-10-25(22)35-18-27(34)29(2)19-28/h3-10,23-24,31-32H,11-19H2,1-2H3/t23-,24+/m0/s1. The van der Waals surface area contributed by atoms with Gasteiger partial charge in [-0.2, -0.15) is 0 Å². The maximum absolute atomic E-state index is 13.0. The minimum absolute atomic E-state index is 0.0801. The molecule has 1 fully saturated rings. The molecule has 0 radical (unpaired) electrons. The van der Waals surface area contributed by atoms with Crippen LogP contribution in [0.25, 0.3) is 0 Å². The van der Waals surface area contributed by atoms with Gasteiger partial charge in [-0.25, -0.2) is 0 Å². The van der Waals surface area contributed by atoms with Crippen LogP contribution in [0.15, 0.2) is 48.5 Å². The number of nitrogens with zero attached hydrogens (tertiary/aromatic N) is 2.